The Morgan fingerprint density at radius 2 is 2.04 bits per heavy atom. The number of hydrogen-bond donors (Lipinski definition) is 0. The molecule has 24 heavy (non-hydrogen) atoms. The quantitative estimate of drug-likeness (QED) is 0.576. The molecule has 0 N–H and O–H groups in total. The molecule has 0 spiro atoms. The van der Waals surface area contributed by atoms with Crippen LogP contribution in [-0.4, -0.2) is 39.1 Å². The molecule has 0 saturated heterocycles. The first-order valence-electron chi connectivity index (χ1n) is 8.16. The topological polar surface area (TPSA) is 80.8 Å². The first kappa shape index (κ1) is 17.0. The number of carbonyl (C=O) groups is 2. The lowest BCUT2D eigenvalue weighted by molar-refractivity contribution is -0.144. The summed E-state index contributed by atoms with van der Waals surface area (Å²) in [6.45, 7) is 3.72. The zero-order chi connectivity index (χ0) is 17.5. The maximum absolute atomic E-state index is 12.2. The van der Waals surface area contributed by atoms with Crippen LogP contribution >= 0.6 is 0 Å². The Morgan fingerprint density at radius 1 is 1.33 bits per heavy atom. The van der Waals surface area contributed by atoms with Crippen molar-refractivity contribution in [2.24, 2.45) is 11.8 Å². The number of anilines is 1. The van der Waals surface area contributed by atoms with Gasteiger partial charge in [-0.25, -0.2) is 8.42 Å². The van der Waals surface area contributed by atoms with Gasteiger partial charge in [-0.2, -0.15) is 0 Å². The van der Waals surface area contributed by atoms with E-state index in [1.54, 1.807) is 25.1 Å². The number of hydrogen-bond acceptors (Lipinski definition) is 5. The average Bonchev–Trinajstić information content (AvgIpc) is 3.14. The van der Waals surface area contributed by atoms with Gasteiger partial charge in [0, 0.05) is 12.1 Å². The highest BCUT2D eigenvalue weighted by molar-refractivity contribution is 7.92. The van der Waals surface area contributed by atoms with E-state index in [0.29, 0.717) is 30.1 Å². The number of nitrogens with zero attached hydrogens (tertiary/aromatic N) is 1. The highest BCUT2D eigenvalue weighted by Gasteiger charge is 2.40. The molecule has 0 bridgehead atoms. The molecule has 0 amide bonds. The molecule has 6 nitrogen and oxygen atoms in total. The van der Waals surface area contributed by atoms with Gasteiger partial charge in [-0.15, -0.1) is 0 Å². The fraction of sp³-hybridized carbons (Fsp3) is 0.529. The minimum Gasteiger partial charge on any atom is -0.457 e. The average molecular weight is 351 g/mol. The molecule has 1 aromatic rings. The third-order valence-electron chi connectivity index (χ3n) is 4.71. The molecule has 130 valence electrons. The summed E-state index contributed by atoms with van der Waals surface area (Å²) in [4.78, 5) is 23.9. The summed E-state index contributed by atoms with van der Waals surface area (Å²) in [7, 11) is -3.29. The Labute approximate surface area is 141 Å². The van der Waals surface area contributed by atoms with Crippen molar-refractivity contribution in [3.63, 3.8) is 0 Å². The van der Waals surface area contributed by atoms with E-state index in [1.165, 1.54) is 4.31 Å². The summed E-state index contributed by atoms with van der Waals surface area (Å²) in [5.41, 5.74) is 1.92. The van der Waals surface area contributed by atoms with Crippen LogP contribution in [0.4, 0.5) is 5.69 Å². The van der Waals surface area contributed by atoms with E-state index in [9.17, 15) is 18.0 Å². The van der Waals surface area contributed by atoms with E-state index in [-0.39, 0.29) is 30.0 Å². The van der Waals surface area contributed by atoms with Gasteiger partial charge in [0.2, 0.25) is 10.0 Å². The van der Waals surface area contributed by atoms with Crippen molar-refractivity contribution in [3.05, 3.63) is 29.3 Å². The minimum atomic E-state index is -3.29. The van der Waals surface area contributed by atoms with Crippen molar-refractivity contribution in [1.82, 2.24) is 0 Å². The molecular weight excluding hydrogens is 330 g/mol. The second kappa shape index (κ2) is 6.20. The predicted molar refractivity (Wildman–Crippen MR) is 89.5 cm³/mol. The molecule has 1 fully saturated rings. The lowest BCUT2D eigenvalue weighted by Gasteiger charge is -2.18. The Balaban J connectivity index is 1.68. The second-order valence-electron chi connectivity index (χ2n) is 6.42. The van der Waals surface area contributed by atoms with Crippen LogP contribution in [0.15, 0.2) is 18.2 Å². The molecule has 1 aliphatic heterocycles. The number of benzene rings is 1. The Bertz CT molecular complexity index is 786. The Kier molecular flexibility index (Phi) is 4.38. The zero-order valence-corrected chi connectivity index (χ0v) is 14.6. The van der Waals surface area contributed by atoms with Crippen LogP contribution in [0, 0.1) is 11.8 Å². The predicted octanol–water partition coefficient (Wildman–Crippen LogP) is 1.78. The van der Waals surface area contributed by atoms with E-state index in [2.05, 4.69) is 0 Å². The lowest BCUT2D eigenvalue weighted by Crippen LogP contribution is -2.30. The molecule has 2 aliphatic rings. The van der Waals surface area contributed by atoms with Crippen LogP contribution < -0.4 is 4.31 Å². The number of rotatable bonds is 6. The van der Waals surface area contributed by atoms with Crippen LogP contribution in [0.3, 0.4) is 0 Å². The van der Waals surface area contributed by atoms with E-state index in [1.807, 2.05) is 6.92 Å². The smallest absolute Gasteiger partial charge is 0.309 e. The summed E-state index contributed by atoms with van der Waals surface area (Å²) in [6.07, 6.45) is 1.41. The standard InChI is InChI=1S/C17H21NO5S/c1-3-24(21,22)18-7-6-12-9-13(4-5-15(12)18)16(19)10-23-17(20)14-8-11(14)2/h4-5,9,11,14H,3,6-8,10H2,1-2H3/t11-,14-/m0/s1. The highest BCUT2D eigenvalue weighted by atomic mass is 32.2. The van der Waals surface area contributed by atoms with Crippen LogP contribution in [-0.2, 0) is 26.0 Å². The maximum atomic E-state index is 12.2. The monoisotopic (exact) mass is 351 g/mol. The third-order valence-corrected chi connectivity index (χ3v) is 6.49. The van der Waals surface area contributed by atoms with Crippen molar-refractivity contribution >= 4 is 27.5 Å². The van der Waals surface area contributed by atoms with E-state index >= 15 is 0 Å². The molecule has 2 atom stereocenters. The molecule has 1 aliphatic carbocycles. The molecule has 0 radical (unpaired) electrons. The molecule has 1 heterocycles. The second-order valence-corrected chi connectivity index (χ2v) is 8.60. The number of ketones is 1. The molecular formula is C17H21NO5S. The van der Waals surface area contributed by atoms with Crippen LogP contribution in [0.2, 0.25) is 0 Å². The number of Topliss-reactive ketones (excluding diaryl/α,β-unsaturated/α-hetero) is 1. The van der Waals surface area contributed by atoms with Gasteiger partial charge >= 0.3 is 5.97 Å². The van der Waals surface area contributed by atoms with Gasteiger partial charge in [0.15, 0.2) is 12.4 Å². The van der Waals surface area contributed by atoms with E-state index in [4.69, 9.17) is 4.74 Å². The summed E-state index contributed by atoms with van der Waals surface area (Å²) >= 11 is 0. The molecule has 1 saturated carbocycles. The number of carbonyl (C=O) groups excluding carboxylic acids is 2. The normalized spacial score (nSPS) is 22.2. The van der Waals surface area contributed by atoms with E-state index < -0.39 is 10.0 Å². The van der Waals surface area contributed by atoms with Crippen molar-refractivity contribution in [1.29, 1.82) is 0 Å². The number of esters is 1. The first-order valence-corrected chi connectivity index (χ1v) is 9.77. The number of ether oxygens (including phenoxy) is 1. The Hall–Kier alpha value is -1.89. The SMILES string of the molecule is CCS(=O)(=O)N1CCc2cc(C(=O)COC(=O)[C@H]3C[C@@H]3C)ccc21. The number of sulfonamides is 1. The largest absolute Gasteiger partial charge is 0.457 e. The summed E-state index contributed by atoms with van der Waals surface area (Å²) in [6, 6.07) is 4.96. The van der Waals surface area contributed by atoms with Gasteiger partial charge in [-0.1, -0.05) is 6.92 Å². The van der Waals surface area contributed by atoms with Gasteiger partial charge in [0.1, 0.15) is 0 Å². The summed E-state index contributed by atoms with van der Waals surface area (Å²) in [5.74, 6) is -0.249. The van der Waals surface area contributed by atoms with Crippen molar-refractivity contribution < 1.29 is 22.7 Å². The van der Waals surface area contributed by atoms with Crippen LogP contribution in [0.5, 0.6) is 0 Å². The van der Waals surface area contributed by atoms with Gasteiger partial charge < -0.3 is 4.74 Å². The fourth-order valence-corrected chi connectivity index (χ4v) is 4.13. The molecule has 0 aromatic heterocycles. The van der Waals surface area contributed by atoms with Crippen LogP contribution in [0.25, 0.3) is 0 Å². The highest BCUT2D eigenvalue weighted by Crippen LogP contribution is 2.38. The molecule has 3 rings (SSSR count). The molecule has 7 heteroatoms. The van der Waals surface area contributed by atoms with Gasteiger partial charge in [-0.3, -0.25) is 13.9 Å². The third kappa shape index (κ3) is 3.17. The number of fused-ring (bicyclic) bond motifs is 1. The fourth-order valence-electron chi connectivity index (χ4n) is 2.97. The lowest BCUT2D eigenvalue weighted by atomic mass is 10.1. The Morgan fingerprint density at radius 3 is 2.67 bits per heavy atom. The van der Waals surface area contributed by atoms with Gasteiger partial charge in [0.05, 0.1) is 17.4 Å². The van der Waals surface area contributed by atoms with Crippen molar-refractivity contribution in [2.45, 2.75) is 26.7 Å². The maximum Gasteiger partial charge on any atom is 0.309 e. The van der Waals surface area contributed by atoms with Gasteiger partial charge in [0.25, 0.3) is 0 Å². The molecule has 1 aromatic carbocycles. The summed E-state index contributed by atoms with van der Waals surface area (Å²) < 4.78 is 30.6. The first-order chi connectivity index (χ1) is 11.3. The minimum absolute atomic E-state index is 0.0443. The summed E-state index contributed by atoms with van der Waals surface area (Å²) in [5, 5.41) is 0. The van der Waals surface area contributed by atoms with Crippen LogP contribution in [0.1, 0.15) is 36.2 Å². The molecule has 0 unspecified atom stereocenters. The van der Waals surface area contributed by atoms with E-state index in [0.717, 1.165) is 12.0 Å². The van der Waals surface area contributed by atoms with Gasteiger partial charge in [-0.05, 0) is 49.4 Å². The van der Waals surface area contributed by atoms with Crippen molar-refractivity contribution in [3.8, 4) is 0 Å². The zero-order valence-electron chi connectivity index (χ0n) is 13.8. The van der Waals surface area contributed by atoms with Crippen molar-refractivity contribution in [2.75, 3.05) is 23.2 Å².